The van der Waals surface area contributed by atoms with Crippen molar-refractivity contribution in [1.82, 2.24) is 9.80 Å². The first kappa shape index (κ1) is 18.3. The number of amides is 2. The summed E-state index contributed by atoms with van der Waals surface area (Å²) in [5.41, 5.74) is 2.31. The van der Waals surface area contributed by atoms with Crippen LogP contribution in [0.1, 0.15) is 48.7 Å². The zero-order chi connectivity index (χ0) is 17.9. The smallest absolute Gasteiger partial charge is 0.410 e. The number of aryl methyl sites for hydroxylation is 2. The van der Waals surface area contributed by atoms with Crippen LogP contribution in [0.3, 0.4) is 0 Å². The molecule has 1 aromatic carbocycles. The molecule has 0 spiro atoms. The van der Waals surface area contributed by atoms with Gasteiger partial charge in [-0.1, -0.05) is 17.7 Å². The van der Waals surface area contributed by atoms with Crippen LogP contribution in [-0.4, -0.2) is 53.6 Å². The molecule has 1 aliphatic heterocycles. The summed E-state index contributed by atoms with van der Waals surface area (Å²) in [6, 6.07) is 5.93. The van der Waals surface area contributed by atoms with Gasteiger partial charge in [-0.05, 0) is 52.7 Å². The summed E-state index contributed by atoms with van der Waals surface area (Å²) in [5.74, 6) is 0.0437. The van der Waals surface area contributed by atoms with Crippen LogP contribution < -0.4 is 0 Å². The van der Waals surface area contributed by atoms with Gasteiger partial charge in [-0.2, -0.15) is 0 Å². The molecule has 5 nitrogen and oxygen atoms in total. The van der Waals surface area contributed by atoms with Gasteiger partial charge in [0, 0.05) is 31.7 Å². The number of nitrogens with zero attached hydrogens (tertiary/aromatic N) is 2. The second kappa shape index (κ2) is 7.24. The van der Waals surface area contributed by atoms with E-state index in [0.717, 1.165) is 23.1 Å². The monoisotopic (exact) mass is 332 g/mol. The average Bonchev–Trinajstić information content (AvgIpc) is 2.73. The van der Waals surface area contributed by atoms with Gasteiger partial charge in [0.2, 0.25) is 0 Å². The van der Waals surface area contributed by atoms with Crippen LogP contribution in [0.4, 0.5) is 4.79 Å². The predicted molar refractivity (Wildman–Crippen MR) is 94.2 cm³/mol. The summed E-state index contributed by atoms with van der Waals surface area (Å²) in [6.45, 7) is 11.8. The van der Waals surface area contributed by atoms with E-state index in [-0.39, 0.29) is 12.0 Å². The molecule has 1 heterocycles. The molecule has 0 unspecified atom stereocenters. The van der Waals surface area contributed by atoms with Gasteiger partial charge < -0.3 is 14.5 Å². The van der Waals surface area contributed by atoms with E-state index in [0.29, 0.717) is 26.2 Å². The van der Waals surface area contributed by atoms with Crippen LogP contribution in [0.15, 0.2) is 18.2 Å². The first-order chi connectivity index (χ1) is 11.2. The standard InChI is InChI=1S/C19H28N2O3/c1-14-7-8-15(2)16(13-14)17(22)20-9-6-10-21(12-11-20)18(23)24-19(3,4)5/h7-8,13H,6,9-12H2,1-5H3. The van der Waals surface area contributed by atoms with E-state index in [1.54, 1.807) is 4.90 Å². The lowest BCUT2D eigenvalue weighted by Gasteiger charge is -2.26. The van der Waals surface area contributed by atoms with E-state index in [4.69, 9.17) is 4.74 Å². The summed E-state index contributed by atoms with van der Waals surface area (Å²) >= 11 is 0. The van der Waals surface area contributed by atoms with Crippen LogP contribution in [-0.2, 0) is 4.74 Å². The Balaban J connectivity index is 2.04. The number of hydrogen-bond donors (Lipinski definition) is 0. The third kappa shape index (κ3) is 4.73. The van der Waals surface area contributed by atoms with Gasteiger partial charge in [-0.3, -0.25) is 4.79 Å². The highest BCUT2D eigenvalue weighted by molar-refractivity contribution is 5.95. The summed E-state index contributed by atoms with van der Waals surface area (Å²) in [4.78, 5) is 28.6. The molecular weight excluding hydrogens is 304 g/mol. The summed E-state index contributed by atoms with van der Waals surface area (Å²) in [7, 11) is 0. The van der Waals surface area contributed by atoms with Gasteiger partial charge in [-0.25, -0.2) is 4.79 Å². The zero-order valence-electron chi connectivity index (χ0n) is 15.4. The van der Waals surface area contributed by atoms with Crippen molar-refractivity contribution < 1.29 is 14.3 Å². The number of ether oxygens (including phenoxy) is 1. The first-order valence-corrected chi connectivity index (χ1v) is 8.52. The molecule has 132 valence electrons. The van der Waals surface area contributed by atoms with Crippen molar-refractivity contribution in [3.8, 4) is 0 Å². The summed E-state index contributed by atoms with van der Waals surface area (Å²) in [6.07, 6.45) is 0.457. The maximum absolute atomic E-state index is 12.8. The fourth-order valence-electron chi connectivity index (χ4n) is 2.77. The summed E-state index contributed by atoms with van der Waals surface area (Å²) < 4.78 is 5.43. The van der Waals surface area contributed by atoms with Crippen LogP contribution in [0.2, 0.25) is 0 Å². The third-order valence-corrected chi connectivity index (χ3v) is 4.06. The molecule has 2 amide bonds. The third-order valence-electron chi connectivity index (χ3n) is 4.06. The number of carbonyl (C=O) groups is 2. The largest absolute Gasteiger partial charge is 0.444 e. The van der Waals surface area contributed by atoms with E-state index in [9.17, 15) is 9.59 Å². The Bertz CT molecular complexity index is 620. The molecule has 24 heavy (non-hydrogen) atoms. The maximum atomic E-state index is 12.8. The van der Waals surface area contributed by atoms with Gasteiger partial charge in [0.15, 0.2) is 0 Å². The quantitative estimate of drug-likeness (QED) is 0.792. The van der Waals surface area contributed by atoms with Crippen molar-refractivity contribution in [2.75, 3.05) is 26.2 Å². The van der Waals surface area contributed by atoms with E-state index >= 15 is 0 Å². The highest BCUT2D eigenvalue weighted by Crippen LogP contribution is 2.16. The molecule has 1 aliphatic rings. The van der Waals surface area contributed by atoms with E-state index in [2.05, 4.69) is 0 Å². The average molecular weight is 332 g/mol. The van der Waals surface area contributed by atoms with Gasteiger partial charge in [0.1, 0.15) is 5.60 Å². The highest BCUT2D eigenvalue weighted by atomic mass is 16.6. The predicted octanol–water partition coefficient (Wildman–Crippen LogP) is 3.39. The fourth-order valence-corrected chi connectivity index (χ4v) is 2.77. The van der Waals surface area contributed by atoms with E-state index < -0.39 is 5.60 Å². The first-order valence-electron chi connectivity index (χ1n) is 8.52. The Kier molecular flexibility index (Phi) is 5.52. The van der Waals surface area contributed by atoms with Crippen molar-refractivity contribution in [1.29, 1.82) is 0 Å². The Morgan fingerprint density at radius 1 is 1.00 bits per heavy atom. The van der Waals surface area contributed by atoms with Gasteiger partial charge in [-0.15, -0.1) is 0 Å². The molecule has 0 aliphatic carbocycles. The molecule has 0 N–H and O–H groups in total. The molecule has 1 aromatic rings. The fraction of sp³-hybridized carbons (Fsp3) is 0.579. The van der Waals surface area contributed by atoms with Crippen molar-refractivity contribution >= 4 is 12.0 Å². The van der Waals surface area contributed by atoms with Crippen molar-refractivity contribution in [2.45, 2.75) is 46.6 Å². The minimum atomic E-state index is -0.502. The molecular formula is C19H28N2O3. The number of carbonyl (C=O) groups excluding carboxylic acids is 2. The molecule has 0 saturated carbocycles. The Hall–Kier alpha value is -2.04. The molecule has 0 aromatic heterocycles. The molecule has 0 radical (unpaired) electrons. The van der Waals surface area contributed by atoms with Crippen LogP contribution in [0.5, 0.6) is 0 Å². The second-order valence-corrected chi connectivity index (χ2v) is 7.43. The lowest BCUT2D eigenvalue weighted by atomic mass is 10.0. The Morgan fingerprint density at radius 3 is 2.29 bits per heavy atom. The molecule has 1 fully saturated rings. The van der Waals surface area contributed by atoms with E-state index in [1.165, 1.54) is 0 Å². The number of hydrogen-bond acceptors (Lipinski definition) is 3. The van der Waals surface area contributed by atoms with Crippen LogP contribution in [0.25, 0.3) is 0 Å². The second-order valence-electron chi connectivity index (χ2n) is 7.43. The normalized spacial score (nSPS) is 15.9. The molecule has 0 bridgehead atoms. The van der Waals surface area contributed by atoms with Gasteiger partial charge in [0.25, 0.3) is 5.91 Å². The minimum absolute atomic E-state index is 0.0437. The van der Waals surface area contributed by atoms with Crippen molar-refractivity contribution in [3.05, 3.63) is 34.9 Å². The SMILES string of the molecule is Cc1ccc(C)c(C(=O)N2CCCN(C(=O)OC(C)(C)C)CC2)c1. The van der Waals surface area contributed by atoms with Crippen molar-refractivity contribution in [2.24, 2.45) is 0 Å². The summed E-state index contributed by atoms with van der Waals surface area (Å²) in [5, 5.41) is 0. The van der Waals surface area contributed by atoms with Gasteiger partial charge >= 0.3 is 6.09 Å². The van der Waals surface area contributed by atoms with Crippen LogP contribution in [0, 0.1) is 13.8 Å². The minimum Gasteiger partial charge on any atom is -0.444 e. The maximum Gasteiger partial charge on any atom is 0.410 e. The molecule has 1 saturated heterocycles. The molecule has 0 atom stereocenters. The molecule has 5 heteroatoms. The van der Waals surface area contributed by atoms with E-state index in [1.807, 2.05) is 57.7 Å². The Labute approximate surface area is 144 Å². The Morgan fingerprint density at radius 2 is 1.62 bits per heavy atom. The topological polar surface area (TPSA) is 49.9 Å². The number of rotatable bonds is 1. The van der Waals surface area contributed by atoms with Crippen LogP contribution >= 0.6 is 0 Å². The van der Waals surface area contributed by atoms with Gasteiger partial charge in [0.05, 0.1) is 0 Å². The lowest BCUT2D eigenvalue weighted by molar-refractivity contribution is 0.0255. The van der Waals surface area contributed by atoms with Crippen molar-refractivity contribution in [3.63, 3.8) is 0 Å². The molecule has 2 rings (SSSR count). The number of benzene rings is 1. The zero-order valence-corrected chi connectivity index (χ0v) is 15.4. The lowest BCUT2D eigenvalue weighted by Crippen LogP contribution is -2.40. The highest BCUT2D eigenvalue weighted by Gasteiger charge is 2.26.